The summed E-state index contributed by atoms with van der Waals surface area (Å²) in [6.07, 6.45) is 0. The predicted octanol–water partition coefficient (Wildman–Crippen LogP) is 4.43. The summed E-state index contributed by atoms with van der Waals surface area (Å²) < 4.78 is 5.87. The Morgan fingerprint density at radius 2 is 1.44 bits per heavy atom. The van der Waals surface area contributed by atoms with Crippen LogP contribution in [0.3, 0.4) is 0 Å². The van der Waals surface area contributed by atoms with Crippen molar-refractivity contribution in [1.82, 2.24) is 10.2 Å². The second-order valence-corrected chi connectivity index (χ2v) is 6.96. The van der Waals surface area contributed by atoms with E-state index in [1.165, 1.54) is 27.8 Å². The number of hydrogen-bond acceptors (Lipinski definition) is 3. The average molecular weight is 358 g/mol. The van der Waals surface area contributed by atoms with Crippen LogP contribution < -0.4 is 10.1 Å². The molecule has 1 aliphatic heterocycles. The second-order valence-electron chi connectivity index (χ2n) is 6.96. The van der Waals surface area contributed by atoms with Gasteiger partial charge >= 0.3 is 0 Å². The second kappa shape index (κ2) is 8.38. The van der Waals surface area contributed by atoms with Crippen molar-refractivity contribution in [2.45, 2.75) is 6.54 Å². The van der Waals surface area contributed by atoms with Crippen LogP contribution in [0.25, 0.3) is 22.3 Å². The molecule has 0 spiro atoms. The largest absolute Gasteiger partial charge is 0.496 e. The number of benzene rings is 3. The third-order valence-corrected chi connectivity index (χ3v) is 5.21. The van der Waals surface area contributed by atoms with Gasteiger partial charge in [0.2, 0.25) is 0 Å². The van der Waals surface area contributed by atoms with Gasteiger partial charge in [-0.15, -0.1) is 0 Å². The van der Waals surface area contributed by atoms with Gasteiger partial charge in [-0.3, -0.25) is 4.90 Å². The number of nitrogens with zero attached hydrogens (tertiary/aromatic N) is 1. The molecule has 1 heterocycles. The lowest BCUT2D eigenvalue weighted by molar-refractivity contribution is 0.230. The summed E-state index contributed by atoms with van der Waals surface area (Å²) in [5, 5.41) is 3.43. The topological polar surface area (TPSA) is 24.5 Å². The van der Waals surface area contributed by atoms with Crippen LogP contribution >= 0.6 is 0 Å². The van der Waals surface area contributed by atoms with Crippen LogP contribution in [0.15, 0.2) is 72.8 Å². The van der Waals surface area contributed by atoms with E-state index < -0.39 is 0 Å². The Labute approximate surface area is 161 Å². The van der Waals surface area contributed by atoms with Crippen molar-refractivity contribution in [3.8, 4) is 28.0 Å². The van der Waals surface area contributed by atoms with E-state index in [-0.39, 0.29) is 0 Å². The van der Waals surface area contributed by atoms with Crippen molar-refractivity contribution in [3.63, 3.8) is 0 Å². The normalized spacial score (nSPS) is 14.9. The smallest absolute Gasteiger partial charge is 0.124 e. The molecule has 3 heteroatoms. The molecule has 4 rings (SSSR count). The van der Waals surface area contributed by atoms with Gasteiger partial charge < -0.3 is 10.1 Å². The Bertz CT molecular complexity index is 872. The molecule has 0 radical (unpaired) electrons. The fourth-order valence-electron chi connectivity index (χ4n) is 3.76. The first kappa shape index (κ1) is 17.8. The molecular formula is C24H26N2O. The van der Waals surface area contributed by atoms with E-state index >= 15 is 0 Å². The lowest BCUT2D eigenvalue weighted by atomic mass is 9.93. The van der Waals surface area contributed by atoms with Crippen LogP contribution in [0.4, 0.5) is 0 Å². The molecule has 27 heavy (non-hydrogen) atoms. The van der Waals surface area contributed by atoms with Gasteiger partial charge in [0.1, 0.15) is 5.75 Å². The van der Waals surface area contributed by atoms with Gasteiger partial charge in [0.25, 0.3) is 0 Å². The molecular weight excluding hydrogens is 332 g/mol. The van der Waals surface area contributed by atoms with Gasteiger partial charge in [-0.05, 0) is 34.4 Å². The standard InChI is InChI=1S/C24H26N2O/c1-27-24-17-21(19-8-4-2-5-9-19)16-22(20-10-6-3-7-11-20)23(24)18-26-14-12-25-13-15-26/h2-11,16-17,25H,12-15,18H2,1H3. The van der Waals surface area contributed by atoms with Gasteiger partial charge in [0.05, 0.1) is 7.11 Å². The SMILES string of the molecule is COc1cc(-c2ccccc2)cc(-c2ccccc2)c1CN1CCNCC1. The van der Waals surface area contributed by atoms with E-state index in [1.54, 1.807) is 7.11 Å². The van der Waals surface area contributed by atoms with E-state index in [1.807, 2.05) is 0 Å². The quantitative estimate of drug-likeness (QED) is 0.730. The van der Waals surface area contributed by atoms with Crippen molar-refractivity contribution >= 4 is 0 Å². The van der Waals surface area contributed by atoms with E-state index in [0.29, 0.717) is 0 Å². The van der Waals surface area contributed by atoms with Crippen LogP contribution in [-0.4, -0.2) is 38.2 Å². The number of piperazine rings is 1. The van der Waals surface area contributed by atoms with Crippen LogP contribution in [0, 0.1) is 0 Å². The Hall–Kier alpha value is -2.62. The minimum Gasteiger partial charge on any atom is -0.496 e. The number of ether oxygens (including phenoxy) is 1. The monoisotopic (exact) mass is 358 g/mol. The molecule has 3 aromatic rings. The Morgan fingerprint density at radius 3 is 2.07 bits per heavy atom. The van der Waals surface area contributed by atoms with Crippen LogP contribution in [0.5, 0.6) is 5.75 Å². The highest BCUT2D eigenvalue weighted by atomic mass is 16.5. The zero-order valence-electron chi connectivity index (χ0n) is 15.8. The van der Waals surface area contributed by atoms with Gasteiger partial charge in [0, 0.05) is 38.3 Å². The van der Waals surface area contributed by atoms with E-state index in [2.05, 4.69) is 83.0 Å². The van der Waals surface area contributed by atoms with Crippen molar-refractivity contribution in [3.05, 3.63) is 78.4 Å². The maximum Gasteiger partial charge on any atom is 0.124 e. The molecule has 3 nitrogen and oxygen atoms in total. The number of nitrogens with one attached hydrogen (secondary N) is 1. The number of methoxy groups -OCH3 is 1. The lowest BCUT2D eigenvalue weighted by Gasteiger charge is -2.29. The number of rotatable bonds is 5. The summed E-state index contributed by atoms with van der Waals surface area (Å²) in [5.41, 5.74) is 6.16. The first-order chi connectivity index (χ1) is 13.3. The zero-order chi connectivity index (χ0) is 18.5. The van der Waals surface area contributed by atoms with Crippen molar-refractivity contribution in [2.75, 3.05) is 33.3 Å². The van der Waals surface area contributed by atoms with Gasteiger partial charge in [-0.25, -0.2) is 0 Å². The molecule has 3 aromatic carbocycles. The first-order valence-corrected chi connectivity index (χ1v) is 9.60. The van der Waals surface area contributed by atoms with Gasteiger partial charge in [0.15, 0.2) is 0 Å². The highest BCUT2D eigenvalue weighted by Crippen LogP contribution is 2.37. The van der Waals surface area contributed by atoms with Gasteiger partial charge in [-0.1, -0.05) is 60.7 Å². The van der Waals surface area contributed by atoms with Crippen molar-refractivity contribution in [1.29, 1.82) is 0 Å². The molecule has 1 saturated heterocycles. The fraction of sp³-hybridized carbons (Fsp3) is 0.250. The van der Waals surface area contributed by atoms with Crippen molar-refractivity contribution < 1.29 is 4.74 Å². The highest BCUT2D eigenvalue weighted by molar-refractivity contribution is 5.78. The Balaban J connectivity index is 1.82. The molecule has 0 bridgehead atoms. The molecule has 0 aliphatic carbocycles. The zero-order valence-corrected chi connectivity index (χ0v) is 15.8. The summed E-state index contributed by atoms with van der Waals surface area (Å²) in [7, 11) is 1.78. The minimum absolute atomic E-state index is 0.907. The Kier molecular flexibility index (Phi) is 5.52. The summed E-state index contributed by atoms with van der Waals surface area (Å²) in [4.78, 5) is 2.50. The maximum atomic E-state index is 5.87. The molecule has 0 amide bonds. The molecule has 138 valence electrons. The molecule has 1 N–H and O–H groups in total. The van der Waals surface area contributed by atoms with Crippen LogP contribution in [0.2, 0.25) is 0 Å². The average Bonchev–Trinajstić information content (AvgIpc) is 2.76. The fourth-order valence-corrected chi connectivity index (χ4v) is 3.76. The summed E-state index contributed by atoms with van der Waals surface area (Å²) in [6.45, 7) is 5.13. The van der Waals surface area contributed by atoms with Crippen LogP contribution in [0.1, 0.15) is 5.56 Å². The minimum atomic E-state index is 0.907. The summed E-state index contributed by atoms with van der Waals surface area (Å²) >= 11 is 0. The molecule has 0 aromatic heterocycles. The number of hydrogen-bond donors (Lipinski definition) is 1. The van der Waals surface area contributed by atoms with E-state index in [9.17, 15) is 0 Å². The van der Waals surface area contributed by atoms with Crippen LogP contribution in [-0.2, 0) is 6.54 Å². The summed E-state index contributed by atoms with van der Waals surface area (Å²) in [5.74, 6) is 0.966. The van der Waals surface area contributed by atoms with Gasteiger partial charge in [-0.2, -0.15) is 0 Å². The van der Waals surface area contributed by atoms with Crippen molar-refractivity contribution in [2.24, 2.45) is 0 Å². The Morgan fingerprint density at radius 1 is 0.815 bits per heavy atom. The van der Waals surface area contributed by atoms with E-state index in [0.717, 1.165) is 38.5 Å². The molecule has 0 saturated carbocycles. The first-order valence-electron chi connectivity index (χ1n) is 9.60. The third-order valence-electron chi connectivity index (χ3n) is 5.21. The van der Waals surface area contributed by atoms with E-state index in [4.69, 9.17) is 4.74 Å². The molecule has 1 aliphatic rings. The molecule has 1 fully saturated rings. The summed E-state index contributed by atoms with van der Waals surface area (Å²) in [6, 6.07) is 25.7. The maximum absolute atomic E-state index is 5.87. The predicted molar refractivity (Wildman–Crippen MR) is 112 cm³/mol. The molecule has 0 atom stereocenters. The molecule has 0 unspecified atom stereocenters. The lowest BCUT2D eigenvalue weighted by Crippen LogP contribution is -2.43. The highest BCUT2D eigenvalue weighted by Gasteiger charge is 2.18. The third kappa shape index (κ3) is 4.05.